The number of carbonyl (C=O) groups excluding carboxylic acids is 3. The molecule has 4 atom stereocenters. The first-order chi connectivity index (χ1) is 21.1. The van der Waals surface area contributed by atoms with E-state index in [1.807, 2.05) is 0 Å². The SMILES string of the molecule is Cc1c(O)cccc1C(=O)N[C@@H](Cc1ccccc1)[C@H](O)C(=O)N1CSC(C)(C)C1C(=O)N(F)[C@H](c1ccccc1)C(F)(F)F. The highest BCUT2D eigenvalue weighted by Gasteiger charge is 2.55. The normalized spacial score (nSPS) is 18.1. The molecule has 0 aromatic heterocycles. The molecule has 0 aliphatic carbocycles. The minimum atomic E-state index is -5.18. The first-order valence-corrected chi connectivity index (χ1v) is 15.0. The van der Waals surface area contributed by atoms with E-state index in [1.165, 1.54) is 57.2 Å². The standard InChI is InChI=1S/C32H33F4N3O5S/c1-19-22(15-10-16-24(19)40)28(42)37-23(17-20-11-6-4-7-12-20)25(41)29(43)38-18-45-31(2,3)27(38)30(44)39(36)26(32(33,34)35)21-13-8-5-9-14-21/h4-16,23,25-27,40-41H,17-18H2,1-3H3,(H,37,42)/t23-,25-,26+,27?/m0/s1. The molecule has 1 heterocycles. The summed E-state index contributed by atoms with van der Waals surface area (Å²) in [4.78, 5) is 41.5. The lowest BCUT2D eigenvalue weighted by Crippen LogP contribution is -2.59. The molecule has 0 bridgehead atoms. The Balaban J connectivity index is 1.65. The molecule has 1 fully saturated rings. The van der Waals surface area contributed by atoms with Crippen LogP contribution in [0.15, 0.2) is 78.9 Å². The molecule has 45 heavy (non-hydrogen) atoms. The molecule has 0 saturated carbocycles. The van der Waals surface area contributed by atoms with E-state index in [4.69, 9.17) is 0 Å². The van der Waals surface area contributed by atoms with Crippen LogP contribution in [0.5, 0.6) is 5.75 Å². The Labute approximate surface area is 262 Å². The summed E-state index contributed by atoms with van der Waals surface area (Å²) in [6.45, 7) is 4.50. The maximum absolute atomic E-state index is 15.6. The van der Waals surface area contributed by atoms with Gasteiger partial charge in [-0.2, -0.15) is 18.3 Å². The number of rotatable bonds is 9. The molecule has 13 heteroatoms. The zero-order chi connectivity index (χ0) is 33.1. The van der Waals surface area contributed by atoms with Crippen molar-refractivity contribution in [2.24, 2.45) is 0 Å². The van der Waals surface area contributed by atoms with E-state index in [9.17, 15) is 37.8 Å². The van der Waals surface area contributed by atoms with Crippen LogP contribution in [0.4, 0.5) is 17.7 Å². The summed E-state index contributed by atoms with van der Waals surface area (Å²) < 4.78 is 56.7. The van der Waals surface area contributed by atoms with Crippen LogP contribution < -0.4 is 5.32 Å². The van der Waals surface area contributed by atoms with Gasteiger partial charge >= 0.3 is 6.18 Å². The highest BCUT2D eigenvalue weighted by atomic mass is 32.2. The molecule has 240 valence electrons. The molecule has 8 nitrogen and oxygen atoms in total. The Morgan fingerprint density at radius 1 is 1.02 bits per heavy atom. The largest absolute Gasteiger partial charge is 0.508 e. The van der Waals surface area contributed by atoms with E-state index in [1.54, 1.807) is 30.3 Å². The molecule has 1 aliphatic heterocycles. The van der Waals surface area contributed by atoms with Crippen LogP contribution in [0.25, 0.3) is 0 Å². The van der Waals surface area contributed by atoms with Crippen molar-refractivity contribution in [1.82, 2.24) is 15.3 Å². The van der Waals surface area contributed by atoms with Gasteiger partial charge in [-0.15, -0.1) is 11.8 Å². The average molecular weight is 648 g/mol. The van der Waals surface area contributed by atoms with Gasteiger partial charge in [0.25, 0.3) is 17.7 Å². The summed E-state index contributed by atoms with van der Waals surface area (Å²) in [6.07, 6.45) is -7.19. The average Bonchev–Trinajstić information content (AvgIpc) is 3.31. The van der Waals surface area contributed by atoms with Gasteiger partial charge in [0.05, 0.1) is 11.9 Å². The Kier molecular flexibility index (Phi) is 10.1. The van der Waals surface area contributed by atoms with Gasteiger partial charge in [-0.25, -0.2) is 0 Å². The van der Waals surface area contributed by atoms with E-state index in [0.717, 1.165) is 28.8 Å². The van der Waals surface area contributed by atoms with Crippen molar-refractivity contribution in [3.8, 4) is 5.75 Å². The summed E-state index contributed by atoms with van der Waals surface area (Å²) in [5, 5.41) is 23.2. The lowest BCUT2D eigenvalue weighted by Gasteiger charge is -2.36. The fraction of sp³-hybridized carbons (Fsp3) is 0.344. The van der Waals surface area contributed by atoms with Crippen molar-refractivity contribution in [1.29, 1.82) is 0 Å². The summed E-state index contributed by atoms with van der Waals surface area (Å²) in [6, 6.07) is 13.1. The molecular weight excluding hydrogens is 614 g/mol. The number of phenolic OH excluding ortho intramolecular Hbond substituents is 1. The number of nitrogens with one attached hydrogen (secondary N) is 1. The van der Waals surface area contributed by atoms with Gasteiger partial charge in [0.15, 0.2) is 12.1 Å². The van der Waals surface area contributed by atoms with Crippen molar-refractivity contribution in [2.75, 3.05) is 5.88 Å². The summed E-state index contributed by atoms with van der Waals surface area (Å²) >= 11 is 1.04. The number of amides is 3. The molecular formula is C32H33F4N3O5S. The molecule has 1 saturated heterocycles. The van der Waals surface area contributed by atoms with Gasteiger partial charge in [0.1, 0.15) is 11.8 Å². The molecule has 3 aromatic rings. The van der Waals surface area contributed by atoms with E-state index in [0.29, 0.717) is 5.56 Å². The predicted molar refractivity (Wildman–Crippen MR) is 161 cm³/mol. The Hall–Kier alpha value is -4.10. The molecule has 1 aliphatic rings. The van der Waals surface area contributed by atoms with Crippen molar-refractivity contribution in [3.63, 3.8) is 0 Å². The van der Waals surface area contributed by atoms with Gasteiger partial charge in [0, 0.05) is 15.9 Å². The summed E-state index contributed by atoms with van der Waals surface area (Å²) in [5.74, 6) is -3.74. The van der Waals surface area contributed by atoms with Crippen molar-refractivity contribution >= 4 is 29.5 Å². The number of halogens is 4. The second kappa shape index (κ2) is 13.5. The van der Waals surface area contributed by atoms with Crippen LogP contribution >= 0.6 is 11.8 Å². The van der Waals surface area contributed by atoms with Gasteiger partial charge in [0.2, 0.25) is 0 Å². The number of hydrogen-bond donors (Lipinski definition) is 3. The number of benzene rings is 3. The van der Waals surface area contributed by atoms with Gasteiger partial charge in [-0.3, -0.25) is 14.4 Å². The molecule has 1 unspecified atom stereocenters. The number of aliphatic hydroxyl groups excluding tert-OH is 1. The Morgan fingerprint density at radius 2 is 1.62 bits per heavy atom. The van der Waals surface area contributed by atoms with Crippen LogP contribution in [0.1, 0.15) is 46.9 Å². The molecule has 0 spiro atoms. The zero-order valence-corrected chi connectivity index (χ0v) is 25.5. The fourth-order valence-electron chi connectivity index (χ4n) is 5.28. The smallest absolute Gasteiger partial charge is 0.415 e. The summed E-state index contributed by atoms with van der Waals surface area (Å²) in [7, 11) is 0. The molecule has 3 N–H and O–H groups in total. The maximum Gasteiger partial charge on any atom is 0.415 e. The lowest BCUT2D eigenvalue weighted by atomic mass is 9.96. The van der Waals surface area contributed by atoms with Crippen LogP contribution in [0.2, 0.25) is 0 Å². The predicted octanol–water partition coefficient (Wildman–Crippen LogP) is 5.10. The number of nitrogens with zero attached hydrogens (tertiary/aromatic N) is 2. The number of hydrogen-bond acceptors (Lipinski definition) is 6. The second-order valence-corrected chi connectivity index (χ2v) is 12.9. The van der Waals surface area contributed by atoms with Crippen molar-refractivity contribution in [3.05, 3.63) is 101 Å². The molecule has 3 amide bonds. The van der Waals surface area contributed by atoms with Gasteiger partial charge < -0.3 is 20.4 Å². The Bertz CT molecular complexity index is 1520. The zero-order valence-electron chi connectivity index (χ0n) is 24.7. The van der Waals surface area contributed by atoms with Crippen molar-refractivity contribution in [2.45, 2.75) is 62.3 Å². The first kappa shape index (κ1) is 33.8. The first-order valence-electron chi connectivity index (χ1n) is 14.0. The van der Waals surface area contributed by atoms with E-state index in [2.05, 4.69) is 5.32 Å². The maximum atomic E-state index is 15.6. The van der Waals surface area contributed by atoms with E-state index >= 15 is 4.48 Å². The van der Waals surface area contributed by atoms with E-state index in [-0.39, 0.29) is 29.2 Å². The molecule has 3 aromatic carbocycles. The van der Waals surface area contributed by atoms with Gasteiger partial charge in [-0.05, 0) is 50.5 Å². The Morgan fingerprint density at radius 3 is 2.22 bits per heavy atom. The number of phenols is 1. The number of aromatic hydroxyl groups is 1. The lowest BCUT2D eigenvalue weighted by molar-refractivity contribution is -0.226. The monoisotopic (exact) mass is 647 g/mol. The quantitative estimate of drug-likeness (QED) is 0.220. The third-order valence-electron chi connectivity index (χ3n) is 7.72. The van der Waals surface area contributed by atoms with E-state index < -0.39 is 63.6 Å². The topological polar surface area (TPSA) is 110 Å². The number of aliphatic hydroxyl groups is 1. The van der Waals surface area contributed by atoms with Crippen LogP contribution in [-0.4, -0.2) is 72.9 Å². The van der Waals surface area contributed by atoms with Crippen molar-refractivity contribution < 1.29 is 42.2 Å². The minimum Gasteiger partial charge on any atom is -0.508 e. The minimum absolute atomic E-state index is 0.0419. The third kappa shape index (κ3) is 7.42. The highest BCUT2D eigenvalue weighted by Crippen LogP contribution is 2.44. The fourth-order valence-corrected chi connectivity index (χ4v) is 6.42. The molecule has 0 radical (unpaired) electrons. The van der Waals surface area contributed by atoms with Crippen LogP contribution in [0.3, 0.4) is 0 Å². The number of carbonyl (C=O) groups is 3. The van der Waals surface area contributed by atoms with Gasteiger partial charge in [-0.1, -0.05) is 71.2 Å². The third-order valence-corrected chi connectivity index (χ3v) is 9.10. The highest BCUT2D eigenvalue weighted by molar-refractivity contribution is 8.00. The van der Waals surface area contributed by atoms with Crippen LogP contribution in [0, 0.1) is 6.92 Å². The summed E-state index contributed by atoms with van der Waals surface area (Å²) in [5.41, 5.74) is 0.482. The molecule has 4 rings (SSSR count). The number of alkyl halides is 3. The van der Waals surface area contributed by atoms with Crippen LogP contribution in [-0.2, 0) is 16.0 Å². The second-order valence-electron chi connectivity index (χ2n) is 11.3. The number of thioether (sulfide) groups is 1.